The van der Waals surface area contributed by atoms with E-state index in [1.165, 1.54) is 153 Å². The molecule has 0 unspecified atom stereocenters. The van der Waals surface area contributed by atoms with Crippen molar-refractivity contribution in [1.82, 2.24) is 0 Å². The average molecular weight is 529 g/mol. The van der Waals surface area contributed by atoms with E-state index in [0.717, 1.165) is 19.3 Å². The van der Waals surface area contributed by atoms with Gasteiger partial charge in [-0.15, -0.1) is 0 Å². The first-order valence-electron chi connectivity index (χ1n) is 17.1. The quantitative estimate of drug-likeness (QED) is 0.0614. The van der Waals surface area contributed by atoms with Gasteiger partial charge in [0.05, 0.1) is 0 Å². The second-order valence-electron chi connectivity index (χ2n) is 11.7. The fourth-order valence-electron chi connectivity index (χ4n) is 5.36. The topological polar surface area (TPSA) is 26.3 Å². The van der Waals surface area contributed by atoms with Gasteiger partial charge in [0.25, 0.3) is 0 Å². The lowest BCUT2D eigenvalue weighted by molar-refractivity contribution is -0.134. The maximum Gasteiger partial charge on any atom is 0.311 e. The highest BCUT2D eigenvalue weighted by Crippen LogP contribution is 2.18. The van der Waals surface area contributed by atoms with Crippen molar-refractivity contribution in [2.45, 2.75) is 187 Å². The molecule has 0 N–H and O–H groups in total. The zero-order valence-electron chi connectivity index (χ0n) is 25.7. The fraction of sp³-hybridized carbons (Fsp3) is 0.806. The van der Waals surface area contributed by atoms with E-state index in [4.69, 9.17) is 4.74 Å². The highest BCUT2D eigenvalue weighted by atomic mass is 16.5. The summed E-state index contributed by atoms with van der Waals surface area (Å²) in [5, 5.41) is 0. The van der Waals surface area contributed by atoms with Crippen molar-refractivity contribution in [2.24, 2.45) is 0 Å². The van der Waals surface area contributed by atoms with Crippen LogP contribution in [0.25, 0.3) is 0 Å². The Hall–Kier alpha value is -1.31. The molecule has 0 aliphatic carbocycles. The molecular weight excluding hydrogens is 464 g/mol. The van der Waals surface area contributed by atoms with Gasteiger partial charge >= 0.3 is 5.97 Å². The summed E-state index contributed by atoms with van der Waals surface area (Å²) in [6.07, 6.45) is 35.5. The van der Waals surface area contributed by atoms with Crippen LogP contribution in [0.3, 0.4) is 0 Å². The molecule has 0 aliphatic heterocycles. The Morgan fingerprint density at radius 1 is 0.474 bits per heavy atom. The minimum Gasteiger partial charge on any atom is -0.427 e. The van der Waals surface area contributed by atoms with Crippen LogP contribution in [-0.2, 0) is 11.2 Å². The highest BCUT2D eigenvalue weighted by molar-refractivity contribution is 5.72. The van der Waals surface area contributed by atoms with E-state index in [1.54, 1.807) is 0 Å². The lowest BCUT2D eigenvalue weighted by Gasteiger charge is -2.07. The molecule has 0 spiro atoms. The van der Waals surface area contributed by atoms with E-state index >= 15 is 0 Å². The number of esters is 1. The lowest BCUT2D eigenvalue weighted by atomic mass is 10.0. The van der Waals surface area contributed by atoms with Gasteiger partial charge in [-0.25, -0.2) is 0 Å². The zero-order valence-corrected chi connectivity index (χ0v) is 25.7. The van der Waals surface area contributed by atoms with Crippen LogP contribution in [0.5, 0.6) is 5.75 Å². The SMILES string of the molecule is CCCCCCCCCCCCCCCCCC(=O)Oc1ccc(CCCCCCCCCCCC)cc1. The van der Waals surface area contributed by atoms with Crippen LogP contribution in [0, 0.1) is 0 Å². The molecule has 0 heterocycles. The molecule has 2 heteroatoms. The van der Waals surface area contributed by atoms with Crippen molar-refractivity contribution >= 4 is 5.97 Å². The molecule has 0 saturated heterocycles. The lowest BCUT2D eigenvalue weighted by Crippen LogP contribution is -2.07. The molecule has 1 aromatic carbocycles. The van der Waals surface area contributed by atoms with Crippen molar-refractivity contribution < 1.29 is 9.53 Å². The number of benzene rings is 1. The average Bonchev–Trinajstić information content (AvgIpc) is 2.93. The standard InChI is InChI=1S/C36H64O2/c1-3-5-7-9-11-13-15-16-17-18-19-21-23-25-27-29-36(37)38-35-32-30-34(31-33-35)28-26-24-22-20-14-12-10-8-6-4-2/h30-33H,3-29H2,1-2H3. The van der Waals surface area contributed by atoms with Gasteiger partial charge in [0.15, 0.2) is 0 Å². The first-order chi connectivity index (χ1) is 18.8. The monoisotopic (exact) mass is 528 g/mol. The molecule has 0 aromatic heterocycles. The number of ether oxygens (including phenoxy) is 1. The van der Waals surface area contributed by atoms with Gasteiger partial charge in [-0.2, -0.15) is 0 Å². The third-order valence-corrected chi connectivity index (χ3v) is 7.96. The predicted octanol–water partition coefficient (Wildman–Crippen LogP) is 12.3. The number of aryl methyl sites for hydroxylation is 1. The number of hydrogen-bond donors (Lipinski definition) is 0. The molecule has 220 valence electrons. The number of carbonyl (C=O) groups excluding carboxylic acids is 1. The van der Waals surface area contributed by atoms with Crippen LogP contribution in [0.2, 0.25) is 0 Å². The molecule has 0 atom stereocenters. The number of rotatable bonds is 28. The Balaban J connectivity index is 1.90. The maximum atomic E-state index is 12.2. The first kappa shape index (κ1) is 34.7. The largest absolute Gasteiger partial charge is 0.427 e. The van der Waals surface area contributed by atoms with E-state index < -0.39 is 0 Å². The van der Waals surface area contributed by atoms with Crippen molar-refractivity contribution in [3.05, 3.63) is 29.8 Å². The van der Waals surface area contributed by atoms with E-state index in [9.17, 15) is 4.79 Å². The van der Waals surface area contributed by atoms with E-state index in [1.807, 2.05) is 12.1 Å². The molecule has 2 nitrogen and oxygen atoms in total. The molecule has 38 heavy (non-hydrogen) atoms. The Kier molecular flexibility index (Phi) is 24.9. The summed E-state index contributed by atoms with van der Waals surface area (Å²) in [4.78, 5) is 12.2. The number of hydrogen-bond acceptors (Lipinski definition) is 2. The van der Waals surface area contributed by atoms with Crippen molar-refractivity contribution in [2.75, 3.05) is 0 Å². The minimum atomic E-state index is -0.0814. The summed E-state index contributed by atoms with van der Waals surface area (Å²) >= 11 is 0. The van der Waals surface area contributed by atoms with Gasteiger partial charge in [-0.3, -0.25) is 4.79 Å². The maximum absolute atomic E-state index is 12.2. The molecular formula is C36H64O2. The van der Waals surface area contributed by atoms with E-state index in [-0.39, 0.29) is 5.97 Å². The van der Waals surface area contributed by atoms with Gasteiger partial charge in [0, 0.05) is 6.42 Å². The van der Waals surface area contributed by atoms with Gasteiger partial charge in [0.1, 0.15) is 5.75 Å². The molecule has 0 bridgehead atoms. The van der Waals surface area contributed by atoms with Gasteiger partial charge < -0.3 is 4.74 Å². The third kappa shape index (κ3) is 22.7. The molecule has 1 rings (SSSR count). The highest BCUT2D eigenvalue weighted by Gasteiger charge is 2.05. The molecule has 0 amide bonds. The minimum absolute atomic E-state index is 0.0814. The Morgan fingerprint density at radius 2 is 0.816 bits per heavy atom. The second-order valence-corrected chi connectivity index (χ2v) is 11.7. The summed E-state index contributed by atoms with van der Waals surface area (Å²) in [6.45, 7) is 4.57. The number of carbonyl (C=O) groups is 1. The summed E-state index contributed by atoms with van der Waals surface area (Å²) in [5.74, 6) is 0.616. The summed E-state index contributed by atoms with van der Waals surface area (Å²) < 4.78 is 5.55. The summed E-state index contributed by atoms with van der Waals surface area (Å²) in [6, 6.07) is 8.19. The predicted molar refractivity (Wildman–Crippen MR) is 167 cm³/mol. The van der Waals surface area contributed by atoms with Crippen LogP contribution >= 0.6 is 0 Å². The van der Waals surface area contributed by atoms with E-state index in [2.05, 4.69) is 26.0 Å². The van der Waals surface area contributed by atoms with Crippen LogP contribution in [-0.4, -0.2) is 5.97 Å². The van der Waals surface area contributed by atoms with Crippen LogP contribution in [0.4, 0.5) is 0 Å². The van der Waals surface area contributed by atoms with Crippen LogP contribution < -0.4 is 4.74 Å². The third-order valence-electron chi connectivity index (χ3n) is 7.96. The van der Waals surface area contributed by atoms with Crippen LogP contribution in [0.1, 0.15) is 186 Å². The number of unbranched alkanes of at least 4 members (excludes halogenated alkanes) is 23. The normalized spacial score (nSPS) is 11.2. The molecule has 0 saturated carbocycles. The molecule has 0 radical (unpaired) electrons. The second kappa shape index (κ2) is 27.3. The van der Waals surface area contributed by atoms with Gasteiger partial charge in [-0.1, -0.05) is 174 Å². The van der Waals surface area contributed by atoms with Crippen molar-refractivity contribution in [3.8, 4) is 5.75 Å². The van der Waals surface area contributed by atoms with Crippen molar-refractivity contribution in [3.63, 3.8) is 0 Å². The van der Waals surface area contributed by atoms with E-state index in [0.29, 0.717) is 12.2 Å². The zero-order chi connectivity index (χ0) is 27.4. The van der Waals surface area contributed by atoms with Gasteiger partial charge in [-0.05, 0) is 37.0 Å². The fourth-order valence-corrected chi connectivity index (χ4v) is 5.36. The Labute approximate surface area is 238 Å². The summed E-state index contributed by atoms with van der Waals surface area (Å²) in [7, 11) is 0. The molecule has 0 fully saturated rings. The Morgan fingerprint density at radius 3 is 1.21 bits per heavy atom. The molecule has 0 aliphatic rings. The van der Waals surface area contributed by atoms with Crippen molar-refractivity contribution in [1.29, 1.82) is 0 Å². The molecule has 1 aromatic rings. The first-order valence-corrected chi connectivity index (χ1v) is 17.1. The Bertz CT molecular complexity index is 621. The van der Waals surface area contributed by atoms with Gasteiger partial charge in [0.2, 0.25) is 0 Å². The van der Waals surface area contributed by atoms with Crippen LogP contribution in [0.15, 0.2) is 24.3 Å². The summed E-state index contributed by atoms with van der Waals surface area (Å²) in [5.41, 5.74) is 1.35. The smallest absolute Gasteiger partial charge is 0.311 e.